The number of nitrogens with two attached hydrogens (primary N) is 1. The lowest BCUT2D eigenvalue weighted by Crippen LogP contribution is -2.43. The van der Waals surface area contributed by atoms with Gasteiger partial charge >= 0.3 is 11.9 Å². The Kier molecular flexibility index (Phi) is 11.6. The van der Waals surface area contributed by atoms with Crippen LogP contribution in [0.2, 0.25) is 0 Å². The van der Waals surface area contributed by atoms with E-state index in [2.05, 4.69) is 21.9 Å². The summed E-state index contributed by atoms with van der Waals surface area (Å²) in [7, 11) is 4.40. The van der Waals surface area contributed by atoms with Gasteiger partial charge in [0.1, 0.15) is 0 Å². The fourth-order valence-corrected chi connectivity index (χ4v) is 8.21. The van der Waals surface area contributed by atoms with Crippen molar-refractivity contribution in [1.29, 1.82) is 0 Å². The van der Waals surface area contributed by atoms with Crippen LogP contribution in [-0.4, -0.2) is 83.6 Å². The number of allylic oxidation sites excluding steroid dienone is 5. The van der Waals surface area contributed by atoms with Crippen LogP contribution in [0.1, 0.15) is 78.1 Å². The standard InChI is InChI=1S/C43H50N6O7/c1-9-25-22(2)31-19-36-29-13-10-28(42(55-7)56-8)40(41(53)54-6)43(29,5)37(49-36)21-32-24(4)27(12-15-39(51)52)35(48-32)20-34-26(11-14-38(50)45-17-16-44)23(3)30(47-34)18-33(25)46-31/h9-10,13,18-21,40,42,46,48H,1,11-12,14-17,44H2,2-8H3,(H,45,50)(H,51,52). The molecule has 5 heterocycles. The Hall–Kier alpha value is -5.63. The first-order valence-corrected chi connectivity index (χ1v) is 18.6. The van der Waals surface area contributed by atoms with Crippen LogP contribution in [0.25, 0.3) is 44.9 Å². The van der Waals surface area contributed by atoms with Gasteiger partial charge in [-0.25, -0.2) is 4.98 Å². The lowest BCUT2D eigenvalue weighted by Gasteiger charge is -2.39. The zero-order valence-corrected chi connectivity index (χ0v) is 33.0. The number of ether oxygens (including phenoxy) is 3. The number of esters is 1. The second kappa shape index (κ2) is 16.2. The summed E-state index contributed by atoms with van der Waals surface area (Å²) in [6.45, 7) is 12.8. The SMILES string of the molecule is C=Cc1c(C)c2cc3nc(cc4[nH]c(cc5nc(cc1[nH]2)C(C)=C5CCC(=O)NCCN)c(CCC(=O)O)c4C)C1(C)C3=CC=C(C(OC)OC)C1C(=O)OC. The molecule has 0 saturated carbocycles. The average molecular weight is 763 g/mol. The van der Waals surface area contributed by atoms with E-state index in [0.29, 0.717) is 53.2 Å². The van der Waals surface area contributed by atoms with Crippen LogP contribution in [0.4, 0.5) is 0 Å². The maximum absolute atomic E-state index is 13.9. The Morgan fingerprint density at radius 1 is 0.929 bits per heavy atom. The summed E-state index contributed by atoms with van der Waals surface area (Å²) in [6, 6.07) is 7.83. The molecule has 8 bridgehead atoms. The van der Waals surface area contributed by atoms with Gasteiger partial charge in [0.05, 0.1) is 41.2 Å². The number of carbonyl (C=O) groups excluding carboxylic acids is 2. The first kappa shape index (κ1) is 40.0. The molecular weight excluding hydrogens is 713 g/mol. The highest BCUT2D eigenvalue weighted by Gasteiger charge is 2.53. The smallest absolute Gasteiger partial charge is 0.314 e. The van der Waals surface area contributed by atoms with E-state index in [1.54, 1.807) is 6.08 Å². The van der Waals surface area contributed by atoms with Gasteiger partial charge in [0.25, 0.3) is 0 Å². The Bertz CT molecular complexity index is 2380. The molecule has 13 nitrogen and oxygen atoms in total. The van der Waals surface area contributed by atoms with Gasteiger partial charge in [-0.1, -0.05) is 24.8 Å². The van der Waals surface area contributed by atoms with Gasteiger partial charge in [-0.15, -0.1) is 0 Å². The van der Waals surface area contributed by atoms with Crippen molar-refractivity contribution in [1.82, 2.24) is 25.3 Å². The molecule has 56 heavy (non-hydrogen) atoms. The molecule has 294 valence electrons. The van der Waals surface area contributed by atoms with Crippen molar-refractivity contribution in [2.24, 2.45) is 11.7 Å². The molecule has 3 aliphatic rings. The number of H-pyrrole nitrogens is 2. The van der Waals surface area contributed by atoms with E-state index < -0.39 is 29.6 Å². The first-order valence-electron chi connectivity index (χ1n) is 18.6. The molecule has 2 atom stereocenters. The normalized spacial score (nSPS) is 17.7. The van der Waals surface area contributed by atoms with E-state index in [9.17, 15) is 19.5 Å². The number of fused-ring (bicyclic) bond motifs is 11. The number of aromatic amines is 2. The number of nitrogens with zero attached hydrogens (tertiary/aromatic N) is 2. The van der Waals surface area contributed by atoms with Crippen molar-refractivity contribution in [3.05, 3.63) is 93.6 Å². The third kappa shape index (κ3) is 7.13. The Morgan fingerprint density at radius 2 is 1.61 bits per heavy atom. The van der Waals surface area contributed by atoms with Crippen molar-refractivity contribution in [3.63, 3.8) is 0 Å². The molecule has 3 aromatic heterocycles. The highest BCUT2D eigenvalue weighted by Crippen LogP contribution is 2.53. The third-order valence-corrected chi connectivity index (χ3v) is 11.3. The predicted molar refractivity (Wildman–Crippen MR) is 217 cm³/mol. The monoisotopic (exact) mass is 762 g/mol. The fourth-order valence-electron chi connectivity index (χ4n) is 8.21. The van der Waals surface area contributed by atoms with E-state index >= 15 is 0 Å². The molecule has 0 fully saturated rings. The highest BCUT2D eigenvalue weighted by atomic mass is 16.7. The lowest BCUT2D eigenvalue weighted by molar-refractivity contribution is -0.148. The summed E-state index contributed by atoms with van der Waals surface area (Å²) in [5.74, 6) is -2.38. The fraction of sp³-hybridized carbons (Fsp3) is 0.372. The number of carboxylic acids is 1. The van der Waals surface area contributed by atoms with Crippen molar-refractivity contribution < 1.29 is 33.7 Å². The molecule has 6 N–H and O–H groups in total. The molecule has 2 aliphatic heterocycles. The van der Waals surface area contributed by atoms with E-state index in [0.717, 1.165) is 55.7 Å². The van der Waals surface area contributed by atoms with Crippen LogP contribution in [0, 0.1) is 19.8 Å². The van der Waals surface area contributed by atoms with Crippen LogP contribution < -0.4 is 11.1 Å². The van der Waals surface area contributed by atoms with Crippen LogP contribution in [-0.2, 0) is 40.4 Å². The molecule has 13 heteroatoms. The average Bonchev–Trinajstić information content (AvgIpc) is 3.83. The summed E-state index contributed by atoms with van der Waals surface area (Å²) in [4.78, 5) is 56.1. The molecule has 2 unspecified atom stereocenters. The topological polar surface area (TPSA) is 195 Å². The van der Waals surface area contributed by atoms with Crippen LogP contribution >= 0.6 is 0 Å². The molecule has 3 aromatic rings. The second-order valence-electron chi connectivity index (χ2n) is 14.4. The number of aromatic nitrogens is 4. The number of carboxylic acid groups (broad SMARTS) is 1. The van der Waals surface area contributed by atoms with E-state index in [4.69, 9.17) is 29.9 Å². The molecule has 0 radical (unpaired) electrons. The number of nitrogens with one attached hydrogen (secondary N) is 3. The summed E-state index contributed by atoms with van der Waals surface area (Å²) < 4.78 is 16.8. The zero-order chi connectivity index (χ0) is 40.5. The van der Waals surface area contributed by atoms with E-state index in [1.807, 2.05) is 64.1 Å². The van der Waals surface area contributed by atoms with Crippen molar-refractivity contribution in [3.8, 4) is 0 Å². The minimum atomic E-state index is -1.04. The van der Waals surface area contributed by atoms with E-state index in [1.165, 1.54) is 21.3 Å². The van der Waals surface area contributed by atoms with Crippen molar-refractivity contribution in [2.75, 3.05) is 34.4 Å². The number of carbonyl (C=O) groups is 3. The summed E-state index contributed by atoms with van der Waals surface area (Å²) in [5.41, 5.74) is 16.9. The molecule has 0 spiro atoms. The Morgan fingerprint density at radius 3 is 2.27 bits per heavy atom. The van der Waals surface area contributed by atoms with Gasteiger partial charge < -0.3 is 40.3 Å². The number of methoxy groups -OCH3 is 3. The van der Waals surface area contributed by atoms with Gasteiger partial charge in [-0.3, -0.25) is 19.4 Å². The summed E-state index contributed by atoms with van der Waals surface area (Å²) in [5, 5.41) is 12.6. The van der Waals surface area contributed by atoms with Crippen LogP contribution in [0.5, 0.6) is 0 Å². The van der Waals surface area contributed by atoms with Gasteiger partial charge in [0.2, 0.25) is 5.91 Å². The third-order valence-electron chi connectivity index (χ3n) is 11.3. The Labute approximate surface area is 325 Å². The minimum Gasteiger partial charge on any atom is -0.481 e. The number of rotatable bonds is 13. The van der Waals surface area contributed by atoms with Crippen molar-refractivity contribution >= 4 is 62.7 Å². The lowest BCUT2D eigenvalue weighted by atomic mass is 9.64. The van der Waals surface area contributed by atoms with Crippen molar-refractivity contribution in [2.45, 2.75) is 65.1 Å². The molecule has 0 aromatic carbocycles. The molecular formula is C43H50N6O7. The molecule has 6 rings (SSSR count). The summed E-state index contributed by atoms with van der Waals surface area (Å²) >= 11 is 0. The van der Waals surface area contributed by atoms with Crippen LogP contribution in [0.3, 0.4) is 0 Å². The number of aryl methyl sites for hydroxylation is 3. The maximum atomic E-state index is 13.9. The minimum absolute atomic E-state index is 0.0926. The van der Waals surface area contributed by atoms with Gasteiger partial charge in [-0.2, -0.15) is 0 Å². The van der Waals surface area contributed by atoms with Gasteiger partial charge in [0.15, 0.2) is 6.29 Å². The number of hydrogen-bond acceptors (Lipinski definition) is 9. The van der Waals surface area contributed by atoms with Crippen LogP contribution in [0.15, 0.2) is 48.6 Å². The number of aliphatic carboxylic acids is 1. The first-order chi connectivity index (χ1) is 26.8. The highest BCUT2D eigenvalue weighted by molar-refractivity contribution is 5.95. The van der Waals surface area contributed by atoms with Gasteiger partial charge in [0, 0.05) is 73.4 Å². The van der Waals surface area contributed by atoms with E-state index in [-0.39, 0.29) is 25.2 Å². The molecule has 0 saturated heterocycles. The second-order valence-corrected chi connectivity index (χ2v) is 14.4. The zero-order valence-electron chi connectivity index (χ0n) is 33.0. The maximum Gasteiger partial charge on any atom is 0.314 e. The molecule has 1 aliphatic carbocycles. The van der Waals surface area contributed by atoms with Gasteiger partial charge in [-0.05, 0) is 98.2 Å². The summed E-state index contributed by atoms with van der Waals surface area (Å²) in [6.07, 6.45) is 5.59. The largest absolute Gasteiger partial charge is 0.481 e. The number of amides is 1. The molecule has 1 amide bonds. The Balaban J connectivity index is 1.72. The quantitative estimate of drug-likeness (QED) is 0.101. The number of hydrogen-bond donors (Lipinski definition) is 5. The predicted octanol–water partition coefficient (Wildman–Crippen LogP) is 6.07.